The van der Waals surface area contributed by atoms with E-state index in [1.807, 2.05) is 0 Å². The third-order valence-electron chi connectivity index (χ3n) is 2.35. The fourth-order valence-electron chi connectivity index (χ4n) is 1.59. The molecule has 0 fully saturated rings. The Balaban J connectivity index is 0.00000324. The average Bonchev–Trinajstić information content (AvgIpc) is 2.79. The van der Waals surface area contributed by atoms with Gasteiger partial charge in [0.1, 0.15) is 6.04 Å². The van der Waals surface area contributed by atoms with E-state index >= 15 is 0 Å². The van der Waals surface area contributed by atoms with Crippen LogP contribution in [0.3, 0.4) is 0 Å². The van der Waals surface area contributed by atoms with E-state index in [0.29, 0.717) is 11.3 Å². The van der Waals surface area contributed by atoms with Crippen molar-refractivity contribution in [2.24, 2.45) is 0 Å². The molecule has 19 heavy (non-hydrogen) atoms. The van der Waals surface area contributed by atoms with Crippen LogP contribution in [0.15, 0.2) is 29.1 Å². The van der Waals surface area contributed by atoms with Gasteiger partial charge in [-0.25, -0.2) is 4.79 Å². The zero-order valence-electron chi connectivity index (χ0n) is 11.1. The normalized spacial score (nSPS) is 12.7. The Kier molecular flexibility index (Phi) is 8.01. The summed E-state index contributed by atoms with van der Waals surface area (Å²) in [5.41, 5.74) is 0.982. The minimum atomic E-state index is -1.34. The van der Waals surface area contributed by atoms with Crippen LogP contribution in [-0.2, 0) is 14.3 Å². The Labute approximate surface area is 137 Å². The van der Waals surface area contributed by atoms with Crippen molar-refractivity contribution in [1.82, 2.24) is 5.32 Å². The minimum absolute atomic E-state index is 0. The van der Waals surface area contributed by atoms with Crippen molar-refractivity contribution in [3.8, 4) is 0 Å². The van der Waals surface area contributed by atoms with E-state index in [1.165, 1.54) is 18.4 Å². The number of ether oxygens (including phenoxy) is 1. The number of carbonyl (C=O) groups is 2. The summed E-state index contributed by atoms with van der Waals surface area (Å²) in [7, 11) is 1.20. The molecule has 0 radical (unpaired) electrons. The molecule has 5 nitrogen and oxygen atoms in total. The number of carboxylic acid groups (broad SMARTS) is 1. The van der Waals surface area contributed by atoms with Crippen molar-refractivity contribution >= 4 is 23.3 Å². The summed E-state index contributed by atoms with van der Waals surface area (Å²) in [4.78, 5) is 22.9. The molecule has 2 unspecified atom stereocenters. The van der Waals surface area contributed by atoms with E-state index < -0.39 is 23.9 Å². The first-order valence-electron chi connectivity index (χ1n) is 5.20. The number of allylic oxidation sites excluding steroid dienone is 1. The number of hydrogen-bond acceptors (Lipinski definition) is 6. The molecule has 0 aromatic carbocycles. The van der Waals surface area contributed by atoms with Gasteiger partial charge in [-0.3, -0.25) is 0 Å². The second kappa shape index (κ2) is 8.37. The molecule has 1 heterocycles. The second-order valence-electron chi connectivity index (χ2n) is 3.78. The summed E-state index contributed by atoms with van der Waals surface area (Å²) in [5.74, 6) is -3.11. The molecule has 0 bridgehead atoms. The fraction of sp³-hybridized carbons (Fsp3) is 0.333. The maximum atomic E-state index is 11.7. The molecule has 0 aliphatic carbocycles. The van der Waals surface area contributed by atoms with Crippen LogP contribution in [0.5, 0.6) is 0 Å². The third kappa shape index (κ3) is 4.99. The second-order valence-corrected chi connectivity index (χ2v) is 4.56. The van der Waals surface area contributed by atoms with E-state index in [0.717, 1.165) is 0 Å². The average molecular weight is 291 g/mol. The number of aliphatic carboxylic acids is 1. The topological polar surface area (TPSA) is 78.5 Å². The molecule has 0 aliphatic rings. The largest absolute Gasteiger partial charge is 1.00 e. The Morgan fingerprint density at radius 3 is 2.53 bits per heavy atom. The van der Waals surface area contributed by atoms with Gasteiger partial charge in [-0.05, 0) is 29.3 Å². The molecule has 2 atom stereocenters. The van der Waals surface area contributed by atoms with Crippen LogP contribution in [0.1, 0.15) is 18.4 Å². The predicted octanol–water partition coefficient (Wildman–Crippen LogP) is -2.75. The number of hydrogen-bond donors (Lipinski definition) is 1. The van der Waals surface area contributed by atoms with Crippen LogP contribution < -0.4 is 40.0 Å². The smallest absolute Gasteiger partial charge is 0.549 e. The maximum Gasteiger partial charge on any atom is 1.00 e. The number of nitrogens with one attached hydrogen (secondary N) is 1. The summed E-state index contributed by atoms with van der Waals surface area (Å²) < 4.78 is 4.61. The molecule has 0 saturated carbocycles. The monoisotopic (exact) mass is 291 g/mol. The van der Waals surface area contributed by atoms with Gasteiger partial charge < -0.3 is 20.0 Å². The molecule has 0 saturated heterocycles. The van der Waals surface area contributed by atoms with Crippen molar-refractivity contribution in [1.29, 1.82) is 0 Å². The van der Waals surface area contributed by atoms with Gasteiger partial charge in [-0.15, -0.1) is 0 Å². The molecule has 7 heteroatoms. The van der Waals surface area contributed by atoms with Crippen LogP contribution in [0.25, 0.3) is 0 Å². The predicted molar refractivity (Wildman–Crippen MR) is 65.8 cm³/mol. The zero-order chi connectivity index (χ0) is 13.7. The molecule has 0 amide bonds. The molecule has 1 aromatic heterocycles. The van der Waals surface area contributed by atoms with E-state index in [2.05, 4.69) is 16.6 Å². The Morgan fingerprint density at radius 1 is 1.53 bits per heavy atom. The molecule has 1 rings (SSSR count). The van der Waals surface area contributed by atoms with Crippen LogP contribution >= 0.6 is 11.3 Å². The van der Waals surface area contributed by atoms with Crippen molar-refractivity contribution < 1.29 is 49.0 Å². The SMILES string of the molecule is C=C(C)NC(C(=O)OC)C(C(=O)[O-])c1ccsc1.[Na+]. The first kappa shape index (κ1) is 18.2. The van der Waals surface area contributed by atoms with E-state index in [9.17, 15) is 14.7 Å². The van der Waals surface area contributed by atoms with Crippen LogP contribution in [0, 0.1) is 0 Å². The molecule has 0 spiro atoms. The Hall–Kier alpha value is -0.820. The maximum absolute atomic E-state index is 11.7. The standard InChI is InChI=1S/C12H15NO4S.Na/c1-7(2)13-10(12(16)17-3)9(11(14)15)8-4-5-18-6-8;/h4-6,9-10,13H,1H2,2-3H3,(H,14,15);/q;+1/p-1. The van der Waals surface area contributed by atoms with Gasteiger partial charge in [0.25, 0.3) is 0 Å². The van der Waals surface area contributed by atoms with Gasteiger partial charge in [-0.1, -0.05) is 6.58 Å². The van der Waals surface area contributed by atoms with Gasteiger partial charge in [-0.2, -0.15) is 11.3 Å². The van der Waals surface area contributed by atoms with Gasteiger partial charge in [0.05, 0.1) is 19.0 Å². The first-order chi connectivity index (χ1) is 8.47. The number of esters is 1. The number of carboxylic acids is 1. The Bertz CT molecular complexity index is 447. The fourth-order valence-corrected chi connectivity index (χ4v) is 2.28. The van der Waals surface area contributed by atoms with Gasteiger partial charge in [0, 0.05) is 5.70 Å². The summed E-state index contributed by atoms with van der Waals surface area (Å²) >= 11 is 1.35. The van der Waals surface area contributed by atoms with E-state index in [1.54, 1.807) is 23.8 Å². The van der Waals surface area contributed by atoms with Gasteiger partial charge in [0.2, 0.25) is 0 Å². The summed E-state index contributed by atoms with van der Waals surface area (Å²) in [6.07, 6.45) is 0. The third-order valence-corrected chi connectivity index (χ3v) is 3.05. The van der Waals surface area contributed by atoms with Crippen molar-refractivity contribution in [3.05, 3.63) is 34.7 Å². The number of carbonyl (C=O) groups excluding carboxylic acids is 2. The number of rotatable bonds is 6. The molecule has 1 aromatic rings. The minimum Gasteiger partial charge on any atom is -0.549 e. The number of thiophene rings is 1. The van der Waals surface area contributed by atoms with Crippen LogP contribution in [0.2, 0.25) is 0 Å². The van der Waals surface area contributed by atoms with Crippen LogP contribution in [-0.4, -0.2) is 25.1 Å². The summed E-state index contributed by atoms with van der Waals surface area (Å²) in [6, 6.07) is 0.591. The van der Waals surface area contributed by atoms with Gasteiger partial charge in [0.15, 0.2) is 0 Å². The molecule has 1 N–H and O–H groups in total. The van der Waals surface area contributed by atoms with Crippen molar-refractivity contribution in [2.75, 3.05) is 7.11 Å². The van der Waals surface area contributed by atoms with Crippen LogP contribution in [0.4, 0.5) is 0 Å². The quantitative estimate of drug-likeness (QED) is 0.454. The summed E-state index contributed by atoms with van der Waals surface area (Å²) in [6.45, 7) is 5.24. The molecule has 98 valence electrons. The first-order valence-corrected chi connectivity index (χ1v) is 6.14. The van der Waals surface area contributed by atoms with Crippen molar-refractivity contribution in [3.63, 3.8) is 0 Å². The van der Waals surface area contributed by atoms with Gasteiger partial charge >= 0.3 is 35.5 Å². The molecular formula is C12H14NNaO4S. The Morgan fingerprint density at radius 2 is 2.16 bits per heavy atom. The summed E-state index contributed by atoms with van der Waals surface area (Å²) in [5, 5.41) is 17.4. The molecule has 0 aliphatic heterocycles. The van der Waals surface area contributed by atoms with E-state index in [4.69, 9.17) is 0 Å². The van der Waals surface area contributed by atoms with E-state index in [-0.39, 0.29) is 29.6 Å². The number of methoxy groups -OCH3 is 1. The molecular weight excluding hydrogens is 277 g/mol. The zero-order valence-corrected chi connectivity index (χ0v) is 14.0. The van der Waals surface area contributed by atoms with Crippen molar-refractivity contribution in [2.45, 2.75) is 18.9 Å².